The lowest BCUT2D eigenvalue weighted by Crippen LogP contribution is -2.12. The second kappa shape index (κ2) is 8.68. The molecule has 1 amide bonds. The highest BCUT2D eigenvalue weighted by Gasteiger charge is 2.04. The van der Waals surface area contributed by atoms with Crippen molar-refractivity contribution in [2.75, 3.05) is 11.1 Å². The summed E-state index contributed by atoms with van der Waals surface area (Å²) in [5.41, 5.74) is 1.81. The first-order valence-electron chi connectivity index (χ1n) is 6.61. The Morgan fingerprint density at radius 2 is 1.86 bits per heavy atom. The van der Waals surface area contributed by atoms with E-state index in [0.29, 0.717) is 27.2 Å². The average molecular weight is 375 g/mol. The van der Waals surface area contributed by atoms with Gasteiger partial charge in [-0.2, -0.15) is 11.8 Å². The Morgan fingerprint density at radius 1 is 1.05 bits per heavy atom. The van der Waals surface area contributed by atoms with Crippen molar-refractivity contribution in [3.05, 3.63) is 63.1 Å². The van der Waals surface area contributed by atoms with Crippen molar-refractivity contribution < 1.29 is 4.79 Å². The molecule has 22 heavy (non-hydrogen) atoms. The van der Waals surface area contributed by atoms with E-state index in [2.05, 4.69) is 5.32 Å². The van der Waals surface area contributed by atoms with Crippen LogP contribution in [0.15, 0.2) is 42.5 Å². The molecule has 0 aliphatic heterocycles. The molecule has 2 aromatic carbocycles. The van der Waals surface area contributed by atoms with Crippen molar-refractivity contribution in [2.45, 2.75) is 12.2 Å². The zero-order chi connectivity index (χ0) is 15.9. The van der Waals surface area contributed by atoms with E-state index < -0.39 is 0 Å². The summed E-state index contributed by atoms with van der Waals surface area (Å²) in [4.78, 5) is 11.8. The van der Waals surface area contributed by atoms with Crippen LogP contribution in [-0.4, -0.2) is 11.7 Å². The smallest absolute Gasteiger partial charge is 0.225 e. The topological polar surface area (TPSA) is 29.1 Å². The van der Waals surface area contributed by atoms with Crippen LogP contribution >= 0.6 is 46.6 Å². The summed E-state index contributed by atoms with van der Waals surface area (Å²) in [5, 5.41) is 4.53. The molecule has 0 aromatic heterocycles. The van der Waals surface area contributed by atoms with Gasteiger partial charge in [0.1, 0.15) is 0 Å². The van der Waals surface area contributed by atoms with Gasteiger partial charge in [0, 0.05) is 28.6 Å². The molecule has 0 saturated heterocycles. The van der Waals surface area contributed by atoms with Crippen molar-refractivity contribution in [3.8, 4) is 0 Å². The molecule has 2 nitrogen and oxygen atoms in total. The fourth-order valence-electron chi connectivity index (χ4n) is 1.77. The first-order chi connectivity index (χ1) is 10.5. The highest BCUT2D eigenvalue weighted by atomic mass is 35.5. The number of carbonyl (C=O) groups is 1. The van der Waals surface area contributed by atoms with Crippen LogP contribution in [0, 0.1) is 0 Å². The third-order valence-corrected chi connectivity index (χ3v) is 4.84. The third-order valence-electron chi connectivity index (χ3n) is 2.83. The molecule has 0 heterocycles. The second-order valence-corrected chi connectivity index (χ2v) is 6.97. The van der Waals surface area contributed by atoms with E-state index in [1.165, 1.54) is 0 Å². The number of carbonyl (C=O) groups excluding carboxylic acids is 1. The minimum atomic E-state index is -0.0242. The summed E-state index contributed by atoms with van der Waals surface area (Å²) in [5.74, 6) is 1.50. The normalized spacial score (nSPS) is 10.5. The molecule has 0 saturated carbocycles. The van der Waals surface area contributed by atoms with Crippen LogP contribution < -0.4 is 5.32 Å². The van der Waals surface area contributed by atoms with Crippen LogP contribution in [-0.2, 0) is 10.5 Å². The van der Waals surface area contributed by atoms with Gasteiger partial charge in [0.25, 0.3) is 0 Å². The Hall–Kier alpha value is -0.870. The van der Waals surface area contributed by atoms with Crippen molar-refractivity contribution in [1.29, 1.82) is 0 Å². The van der Waals surface area contributed by atoms with Gasteiger partial charge in [-0.15, -0.1) is 0 Å². The number of thioether (sulfide) groups is 1. The number of amides is 1. The molecule has 2 aromatic rings. The number of rotatable bonds is 6. The van der Waals surface area contributed by atoms with E-state index in [1.54, 1.807) is 36.0 Å². The van der Waals surface area contributed by atoms with Gasteiger partial charge in [0.05, 0.1) is 10.0 Å². The molecule has 116 valence electrons. The van der Waals surface area contributed by atoms with Gasteiger partial charge in [-0.3, -0.25) is 4.79 Å². The fourth-order valence-corrected chi connectivity index (χ4v) is 3.17. The van der Waals surface area contributed by atoms with Crippen LogP contribution in [0.5, 0.6) is 0 Å². The van der Waals surface area contributed by atoms with Gasteiger partial charge in [-0.25, -0.2) is 0 Å². The molecule has 0 radical (unpaired) electrons. The van der Waals surface area contributed by atoms with Gasteiger partial charge >= 0.3 is 0 Å². The molecule has 0 atom stereocenters. The maximum absolute atomic E-state index is 11.8. The minimum Gasteiger partial charge on any atom is -0.326 e. The molecule has 2 rings (SSSR count). The predicted molar refractivity (Wildman–Crippen MR) is 97.3 cm³/mol. The average Bonchev–Trinajstić information content (AvgIpc) is 2.47. The number of halogens is 3. The Morgan fingerprint density at radius 3 is 2.59 bits per heavy atom. The van der Waals surface area contributed by atoms with Crippen LogP contribution in [0.1, 0.15) is 12.0 Å². The van der Waals surface area contributed by atoms with Gasteiger partial charge in [0.15, 0.2) is 0 Å². The molecular formula is C16H14Cl3NOS. The molecule has 0 spiro atoms. The monoisotopic (exact) mass is 373 g/mol. The Kier molecular flexibility index (Phi) is 6.90. The van der Waals surface area contributed by atoms with Crippen molar-refractivity contribution in [3.63, 3.8) is 0 Å². The quantitative estimate of drug-likeness (QED) is 0.637. The summed E-state index contributed by atoms with van der Waals surface area (Å²) in [7, 11) is 0. The summed E-state index contributed by atoms with van der Waals surface area (Å²) >= 11 is 19.4. The largest absolute Gasteiger partial charge is 0.326 e. The lowest BCUT2D eigenvalue weighted by Gasteiger charge is -2.06. The van der Waals surface area contributed by atoms with Gasteiger partial charge in [0.2, 0.25) is 5.91 Å². The Balaban J connectivity index is 1.72. The third kappa shape index (κ3) is 5.73. The Bertz CT molecular complexity index is 664. The lowest BCUT2D eigenvalue weighted by atomic mass is 10.2. The number of benzene rings is 2. The van der Waals surface area contributed by atoms with Crippen molar-refractivity contribution in [1.82, 2.24) is 0 Å². The van der Waals surface area contributed by atoms with Crippen molar-refractivity contribution in [2.24, 2.45) is 0 Å². The number of hydrogen-bond donors (Lipinski definition) is 1. The van der Waals surface area contributed by atoms with Crippen molar-refractivity contribution >= 4 is 58.2 Å². The van der Waals surface area contributed by atoms with E-state index in [0.717, 1.165) is 17.1 Å². The lowest BCUT2D eigenvalue weighted by molar-refractivity contribution is -0.115. The van der Waals surface area contributed by atoms with E-state index >= 15 is 0 Å². The summed E-state index contributed by atoms with van der Waals surface area (Å²) in [6, 6.07) is 12.7. The number of nitrogens with one attached hydrogen (secondary N) is 1. The van der Waals surface area contributed by atoms with Crippen LogP contribution in [0.2, 0.25) is 15.1 Å². The molecule has 0 fully saturated rings. The zero-order valence-electron chi connectivity index (χ0n) is 11.6. The molecule has 1 N–H and O–H groups in total. The van der Waals surface area contributed by atoms with E-state index in [4.69, 9.17) is 34.8 Å². The molecule has 0 unspecified atom stereocenters. The first-order valence-corrected chi connectivity index (χ1v) is 8.90. The van der Waals surface area contributed by atoms with Crippen LogP contribution in [0.3, 0.4) is 0 Å². The minimum absolute atomic E-state index is 0.0242. The van der Waals surface area contributed by atoms with Crippen LogP contribution in [0.25, 0.3) is 0 Å². The molecule has 0 aliphatic carbocycles. The van der Waals surface area contributed by atoms with E-state index in [1.807, 2.05) is 18.2 Å². The Labute approximate surface area is 149 Å². The number of hydrogen-bond acceptors (Lipinski definition) is 2. The fraction of sp³-hybridized carbons (Fsp3) is 0.188. The maximum atomic E-state index is 11.8. The second-order valence-electron chi connectivity index (χ2n) is 4.61. The molecule has 0 aliphatic rings. The van der Waals surface area contributed by atoms with Gasteiger partial charge in [-0.1, -0.05) is 46.9 Å². The molecule has 0 bridgehead atoms. The SMILES string of the molecule is O=C(CCSCc1ccc(Cl)c(Cl)c1)Nc1cccc(Cl)c1. The highest BCUT2D eigenvalue weighted by molar-refractivity contribution is 7.98. The molecular weight excluding hydrogens is 361 g/mol. The van der Waals surface area contributed by atoms with Crippen LogP contribution in [0.4, 0.5) is 5.69 Å². The summed E-state index contributed by atoms with van der Waals surface area (Å²) < 4.78 is 0. The first kappa shape index (κ1) is 17.5. The van der Waals surface area contributed by atoms with E-state index in [9.17, 15) is 4.79 Å². The van der Waals surface area contributed by atoms with Gasteiger partial charge in [-0.05, 0) is 35.9 Å². The summed E-state index contributed by atoms with van der Waals surface area (Å²) in [6.07, 6.45) is 0.443. The predicted octanol–water partition coefficient (Wildman–Crippen LogP) is 5.91. The highest BCUT2D eigenvalue weighted by Crippen LogP contribution is 2.25. The maximum Gasteiger partial charge on any atom is 0.225 e. The number of anilines is 1. The summed E-state index contributed by atoms with van der Waals surface area (Å²) in [6.45, 7) is 0. The van der Waals surface area contributed by atoms with Gasteiger partial charge < -0.3 is 5.32 Å². The zero-order valence-corrected chi connectivity index (χ0v) is 14.7. The standard InChI is InChI=1S/C16H14Cl3NOS/c17-12-2-1-3-13(9-12)20-16(21)6-7-22-10-11-4-5-14(18)15(19)8-11/h1-5,8-9H,6-7,10H2,(H,20,21). The molecule has 6 heteroatoms. The van der Waals surface area contributed by atoms with E-state index in [-0.39, 0.29) is 5.91 Å².